The number of carbonyl (C=O) groups excluding carboxylic acids is 1. The Hall–Kier alpha value is -2.18. The SMILES string of the molecule is O=C(c1cc(-c2ccccc2)n[nH]1)N1CCC2(CC1)CC(OCC1CC1)CCO2. The molecule has 1 aliphatic carbocycles. The lowest BCUT2D eigenvalue weighted by Crippen LogP contribution is -2.52. The molecule has 0 bridgehead atoms. The number of nitrogens with zero attached hydrogens (tertiary/aromatic N) is 2. The van der Waals surface area contributed by atoms with Crippen LogP contribution in [0.3, 0.4) is 0 Å². The van der Waals surface area contributed by atoms with Gasteiger partial charge in [0.1, 0.15) is 5.69 Å². The molecule has 1 spiro atoms. The molecule has 6 heteroatoms. The van der Waals surface area contributed by atoms with Crippen LogP contribution in [0.15, 0.2) is 36.4 Å². The van der Waals surface area contributed by atoms with Gasteiger partial charge in [-0.05, 0) is 44.1 Å². The van der Waals surface area contributed by atoms with Crippen molar-refractivity contribution in [3.8, 4) is 11.3 Å². The minimum atomic E-state index is -0.119. The molecule has 1 amide bonds. The third kappa shape index (κ3) is 4.23. The van der Waals surface area contributed by atoms with Crippen LogP contribution in [-0.2, 0) is 9.47 Å². The summed E-state index contributed by atoms with van der Waals surface area (Å²) in [6.45, 7) is 3.11. The molecule has 2 aliphatic heterocycles. The number of likely N-dealkylation sites (tertiary alicyclic amines) is 1. The van der Waals surface area contributed by atoms with Crippen molar-refractivity contribution in [3.63, 3.8) is 0 Å². The summed E-state index contributed by atoms with van der Waals surface area (Å²) in [4.78, 5) is 14.9. The molecule has 1 saturated carbocycles. The van der Waals surface area contributed by atoms with Crippen LogP contribution in [0.2, 0.25) is 0 Å². The van der Waals surface area contributed by atoms with Crippen molar-refractivity contribution in [2.24, 2.45) is 5.92 Å². The fourth-order valence-electron chi connectivity index (χ4n) is 4.51. The Kier molecular flexibility index (Phi) is 5.14. The number of aromatic amines is 1. The number of ether oxygens (including phenoxy) is 2. The summed E-state index contributed by atoms with van der Waals surface area (Å²) in [7, 11) is 0. The smallest absolute Gasteiger partial charge is 0.271 e. The monoisotopic (exact) mass is 395 g/mol. The third-order valence-electron chi connectivity index (χ3n) is 6.55. The molecule has 2 aromatic rings. The minimum absolute atomic E-state index is 0.0203. The standard InChI is InChI=1S/C23H29N3O3/c27-22(21-14-20(24-25-21)18-4-2-1-3-5-18)26-11-9-23(10-12-26)15-19(8-13-29-23)28-16-17-6-7-17/h1-5,14,17,19H,6-13,15-16H2,(H,24,25). The van der Waals surface area contributed by atoms with E-state index in [1.54, 1.807) is 0 Å². The van der Waals surface area contributed by atoms with Gasteiger partial charge in [0.05, 0.1) is 17.4 Å². The van der Waals surface area contributed by atoms with Crippen molar-refractivity contribution in [1.29, 1.82) is 0 Å². The Labute approximate surface area is 171 Å². The molecule has 2 saturated heterocycles. The Morgan fingerprint density at radius 1 is 1.21 bits per heavy atom. The predicted molar refractivity (Wildman–Crippen MR) is 110 cm³/mol. The zero-order chi connectivity index (χ0) is 19.7. The van der Waals surface area contributed by atoms with E-state index in [0.717, 1.165) is 56.1 Å². The van der Waals surface area contributed by atoms with E-state index in [2.05, 4.69) is 10.2 Å². The average molecular weight is 396 g/mol. The molecule has 1 aromatic heterocycles. The second-order valence-electron chi connectivity index (χ2n) is 8.75. The summed E-state index contributed by atoms with van der Waals surface area (Å²) in [6, 6.07) is 11.8. The topological polar surface area (TPSA) is 67.5 Å². The molecular formula is C23H29N3O3. The van der Waals surface area contributed by atoms with E-state index < -0.39 is 0 Å². The van der Waals surface area contributed by atoms with Crippen molar-refractivity contribution < 1.29 is 14.3 Å². The van der Waals surface area contributed by atoms with Crippen LogP contribution in [0.1, 0.15) is 49.0 Å². The number of amides is 1. The number of rotatable bonds is 5. The summed E-state index contributed by atoms with van der Waals surface area (Å²) in [6.07, 6.45) is 6.67. The van der Waals surface area contributed by atoms with Crippen molar-refractivity contribution in [2.45, 2.75) is 50.2 Å². The van der Waals surface area contributed by atoms with Crippen molar-refractivity contribution in [1.82, 2.24) is 15.1 Å². The molecule has 1 aromatic carbocycles. The zero-order valence-corrected chi connectivity index (χ0v) is 16.8. The van der Waals surface area contributed by atoms with E-state index >= 15 is 0 Å². The second kappa shape index (κ2) is 7.92. The quantitative estimate of drug-likeness (QED) is 0.839. The summed E-state index contributed by atoms with van der Waals surface area (Å²) < 4.78 is 12.4. The zero-order valence-electron chi connectivity index (χ0n) is 16.8. The molecule has 3 fully saturated rings. The first-order chi connectivity index (χ1) is 14.2. The number of piperidine rings is 1. The van der Waals surface area contributed by atoms with Gasteiger partial charge in [-0.2, -0.15) is 5.10 Å². The van der Waals surface area contributed by atoms with Gasteiger partial charge in [0.15, 0.2) is 0 Å². The number of benzene rings is 1. The number of carbonyl (C=O) groups is 1. The van der Waals surface area contributed by atoms with Crippen LogP contribution in [0.25, 0.3) is 11.3 Å². The molecule has 29 heavy (non-hydrogen) atoms. The summed E-state index contributed by atoms with van der Waals surface area (Å²) in [5, 5.41) is 7.24. The highest BCUT2D eigenvalue weighted by Gasteiger charge is 2.42. The van der Waals surface area contributed by atoms with Crippen LogP contribution < -0.4 is 0 Å². The maximum Gasteiger partial charge on any atom is 0.271 e. The second-order valence-corrected chi connectivity index (χ2v) is 8.75. The first kappa shape index (κ1) is 18.8. The maximum atomic E-state index is 13.0. The number of hydrogen-bond acceptors (Lipinski definition) is 4. The van der Waals surface area contributed by atoms with Gasteiger partial charge in [0, 0.05) is 38.3 Å². The number of hydrogen-bond donors (Lipinski definition) is 1. The molecule has 154 valence electrons. The lowest BCUT2D eigenvalue weighted by Gasteiger charge is -2.46. The number of nitrogens with one attached hydrogen (secondary N) is 1. The Balaban J connectivity index is 1.18. The van der Waals surface area contributed by atoms with Crippen LogP contribution in [0.4, 0.5) is 0 Å². The van der Waals surface area contributed by atoms with Crippen LogP contribution >= 0.6 is 0 Å². The normalized spacial score (nSPS) is 24.0. The fraction of sp³-hybridized carbons (Fsp3) is 0.565. The molecule has 5 rings (SSSR count). The molecule has 3 aliphatic rings. The molecule has 0 radical (unpaired) electrons. The predicted octanol–water partition coefficient (Wildman–Crippen LogP) is 3.66. The van der Waals surface area contributed by atoms with E-state index in [4.69, 9.17) is 9.47 Å². The number of H-pyrrole nitrogens is 1. The van der Waals surface area contributed by atoms with Gasteiger partial charge in [-0.25, -0.2) is 0 Å². The van der Waals surface area contributed by atoms with E-state index in [1.165, 1.54) is 12.8 Å². The summed E-state index contributed by atoms with van der Waals surface area (Å²) in [5.41, 5.74) is 2.24. The van der Waals surface area contributed by atoms with E-state index in [-0.39, 0.29) is 11.5 Å². The average Bonchev–Trinajstić information content (AvgIpc) is 3.47. The van der Waals surface area contributed by atoms with Gasteiger partial charge in [-0.15, -0.1) is 0 Å². The van der Waals surface area contributed by atoms with Crippen molar-refractivity contribution >= 4 is 5.91 Å². The Bertz CT molecular complexity index is 838. The van der Waals surface area contributed by atoms with Gasteiger partial charge >= 0.3 is 0 Å². The van der Waals surface area contributed by atoms with Crippen LogP contribution in [-0.4, -0.2) is 59.0 Å². The first-order valence-electron chi connectivity index (χ1n) is 10.9. The van der Waals surface area contributed by atoms with Crippen molar-refractivity contribution in [3.05, 3.63) is 42.1 Å². The van der Waals surface area contributed by atoms with Gasteiger partial charge < -0.3 is 14.4 Å². The fourth-order valence-corrected chi connectivity index (χ4v) is 4.51. The molecule has 3 heterocycles. The summed E-state index contributed by atoms with van der Waals surface area (Å²) in [5.74, 6) is 0.815. The van der Waals surface area contributed by atoms with Crippen molar-refractivity contribution in [2.75, 3.05) is 26.3 Å². The highest BCUT2D eigenvalue weighted by molar-refractivity contribution is 5.93. The van der Waals surface area contributed by atoms with Gasteiger partial charge in [0.2, 0.25) is 0 Å². The Morgan fingerprint density at radius 3 is 2.76 bits per heavy atom. The lowest BCUT2D eigenvalue weighted by molar-refractivity contribution is -0.153. The first-order valence-corrected chi connectivity index (χ1v) is 10.9. The van der Waals surface area contributed by atoms with Crippen LogP contribution in [0.5, 0.6) is 0 Å². The van der Waals surface area contributed by atoms with E-state index in [0.29, 0.717) is 24.9 Å². The lowest BCUT2D eigenvalue weighted by atomic mass is 9.83. The summed E-state index contributed by atoms with van der Waals surface area (Å²) >= 11 is 0. The van der Waals surface area contributed by atoms with E-state index in [9.17, 15) is 4.79 Å². The van der Waals surface area contributed by atoms with Gasteiger partial charge in [-0.3, -0.25) is 9.89 Å². The van der Waals surface area contributed by atoms with Crippen LogP contribution in [0, 0.1) is 5.92 Å². The largest absolute Gasteiger partial charge is 0.378 e. The van der Waals surface area contributed by atoms with Gasteiger partial charge in [-0.1, -0.05) is 30.3 Å². The Morgan fingerprint density at radius 2 is 2.00 bits per heavy atom. The molecular weight excluding hydrogens is 366 g/mol. The molecule has 1 atom stereocenters. The van der Waals surface area contributed by atoms with Gasteiger partial charge in [0.25, 0.3) is 5.91 Å². The third-order valence-corrected chi connectivity index (χ3v) is 6.55. The molecule has 1 unspecified atom stereocenters. The maximum absolute atomic E-state index is 13.0. The minimum Gasteiger partial charge on any atom is -0.378 e. The molecule has 1 N–H and O–H groups in total. The number of aromatic nitrogens is 2. The van der Waals surface area contributed by atoms with E-state index in [1.807, 2.05) is 41.3 Å². The molecule has 6 nitrogen and oxygen atoms in total. The highest BCUT2D eigenvalue weighted by atomic mass is 16.5. The highest BCUT2D eigenvalue weighted by Crippen LogP contribution is 2.37.